The predicted octanol–water partition coefficient (Wildman–Crippen LogP) is 3.47. The third kappa shape index (κ3) is 2.63. The first kappa shape index (κ1) is 12.6. The Labute approximate surface area is 118 Å². The molecule has 0 aromatic heterocycles. The van der Waals surface area contributed by atoms with E-state index in [9.17, 15) is 0 Å². The highest BCUT2D eigenvalue weighted by Crippen LogP contribution is 2.38. The van der Waals surface area contributed by atoms with Gasteiger partial charge in [0.25, 0.3) is 0 Å². The summed E-state index contributed by atoms with van der Waals surface area (Å²) in [5.41, 5.74) is 7.84. The molecule has 2 nitrogen and oxygen atoms in total. The van der Waals surface area contributed by atoms with Crippen LogP contribution in [0.5, 0.6) is 0 Å². The molecule has 1 aromatic rings. The van der Waals surface area contributed by atoms with Crippen molar-refractivity contribution in [3.05, 3.63) is 34.3 Å². The van der Waals surface area contributed by atoms with Crippen molar-refractivity contribution in [3.63, 3.8) is 0 Å². The van der Waals surface area contributed by atoms with Gasteiger partial charge in [-0.1, -0.05) is 34.5 Å². The summed E-state index contributed by atoms with van der Waals surface area (Å²) in [6.07, 6.45) is 6.46. The molecule has 1 aromatic carbocycles. The minimum atomic E-state index is 0.286. The Morgan fingerprint density at radius 2 is 1.78 bits per heavy atom. The second-order valence-electron chi connectivity index (χ2n) is 5.63. The van der Waals surface area contributed by atoms with Gasteiger partial charge in [-0.2, -0.15) is 0 Å². The van der Waals surface area contributed by atoms with Crippen LogP contribution in [0.4, 0.5) is 0 Å². The zero-order valence-corrected chi connectivity index (χ0v) is 12.3. The molecular formula is C15H21BrN2. The van der Waals surface area contributed by atoms with E-state index in [0.29, 0.717) is 6.04 Å². The SMILES string of the molecule is NC1CCCCN(C2CC2)C1c1ccc(Br)cc1. The van der Waals surface area contributed by atoms with Crippen LogP contribution in [0.2, 0.25) is 0 Å². The van der Waals surface area contributed by atoms with Crippen molar-refractivity contribution in [2.45, 2.75) is 50.2 Å². The summed E-state index contributed by atoms with van der Waals surface area (Å²) < 4.78 is 1.14. The quantitative estimate of drug-likeness (QED) is 0.906. The van der Waals surface area contributed by atoms with Gasteiger partial charge in [0.05, 0.1) is 6.04 Å². The summed E-state index contributed by atoms with van der Waals surface area (Å²) in [6.45, 7) is 1.22. The van der Waals surface area contributed by atoms with Gasteiger partial charge in [-0.25, -0.2) is 0 Å². The molecule has 0 spiro atoms. The Hall–Kier alpha value is -0.380. The maximum Gasteiger partial charge on any atom is 0.0502 e. The lowest BCUT2D eigenvalue weighted by molar-refractivity contribution is 0.175. The maximum atomic E-state index is 6.45. The van der Waals surface area contributed by atoms with E-state index in [4.69, 9.17) is 5.73 Å². The van der Waals surface area contributed by atoms with E-state index in [2.05, 4.69) is 45.1 Å². The van der Waals surface area contributed by atoms with Gasteiger partial charge in [-0.05, 0) is 49.9 Å². The van der Waals surface area contributed by atoms with Crippen LogP contribution < -0.4 is 5.73 Å². The highest BCUT2D eigenvalue weighted by molar-refractivity contribution is 9.10. The topological polar surface area (TPSA) is 29.3 Å². The number of hydrogen-bond acceptors (Lipinski definition) is 2. The molecule has 1 aliphatic heterocycles. The molecule has 0 amide bonds. The van der Waals surface area contributed by atoms with Gasteiger partial charge in [-0.3, -0.25) is 4.90 Å². The number of likely N-dealkylation sites (tertiary alicyclic amines) is 1. The van der Waals surface area contributed by atoms with Crippen molar-refractivity contribution < 1.29 is 0 Å². The van der Waals surface area contributed by atoms with Gasteiger partial charge in [0.15, 0.2) is 0 Å². The molecule has 98 valence electrons. The number of hydrogen-bond donors (Lipinski definition) is 1. The smallest absolute Gasteiger partial charge is 0.0502 e. The summed E-state index contributed by atoms with van der Waals surface area (Å²) in [4.78, 5) is 2.67. The minimum absolute atomic E-state index is 0.286. The van der Waals surface area contributed by atoms with Crippen LogP contribution in [0.3, 0.4) is 0 Å². The van der Waals surface area contributed by atoms with Gasteiger partial charge in [0.2, 0.25) is 0 Å². The summed E-state index contributed by atoms with van der Waals surface area (Å²) in [5, 5.41) is 0. The molecule has 0 bridgehead atoms. The number of nitrogens with zero attached hydrogens (tertiary/aromatic N) is 1. The van der Waals surface area contributed by atoms with E-state index in [-0.39, 0.29) is 6.04 Å². The van der Waals surface area contributed by atoms with E-state index in [0.717, 1.165) is 16.9 Å². The van der Waals surface area contributed by atoms with E-state index in [1.807, 2.05) is 0 Å². The third-order valence-electron chi connectivity index (χ3n) is 4.19. The number of benzene rings is 1. The monoisotopic (exact) mass is 308 g/mol. The summed E-state index contributed by atoms with van der Waals surface area (Å²) >= 11 is 3.51. The Morgan fingerprint density at radius 3 is 2.44 bits per heavy atom. The normalized spacial score (nSPS) is 30.1. The second kappa shape index (κ2) is 5.32. The zero-order chi connectivity index (χ0) is 12.5. The average Bonchev–Trinajstić information content (AvgIpc) is 3.17. The number of nitrogens with two attached hydrogens (primary N) is 1. The first-order valence-corrected chi connectivity index (χ1v) is 7.82. The fraction of sp³-hybridized carbons (Fsp3) is 0.600. The van der Waals surface area contributed by atoms with Gasteiger partial charge >= 0.3 is 0 Å². The zero-order valence-electron chi connectivity index (χ0n) is 10.7. The standard InChI is InChI=1S/C15H21BrN2/c16-12-6-4-11(5-7-12)15-14(17)3-1-2-10-18(15)13-8-9-13/h4-7,13-15H,1-3,8-10,17H2. The summed E-state index contributed by atoms with van der Waals surface area (Å²) in [5.74, 6) is 0. The van der Waals surface area contributed by atoms with E-state index in [1.165, 1.54) is 37.8 Å². The molecular weight excluding hydrogens is 288 g/mol. The molecule has 2 aliphatic rings. The highest BCUT2D eigenvalue weighted by Gasteiger charge is 2.37. The van der Waals surface area contributed by atoms with E-state index in [1.54, 1.807) is 0 Å². The van der Waals surface area contributed by atoms with E-state index >= 15 is 0 Å². The first-order chi connectivity index (χ1) is 8.75. The maximum absolute atomic E-state index is 6.45. The number of rotatable bonds is 2. The van der Waals surface area contributed by atoms with Crippen LogP contribution in [0.25, 0.3) is 0 Å². The summed E-state index contributed by atoms with van der Waals surface area (Å²) in [6, 6.07) is 10.2. The molecule has 2 atom stereocenters. The van der Waals surface area contributed by atoms with Crippen LogP contribution in [0.1, 0.15) is 43.7 Å². The lowest BCUT2D eigenvalue weighted by atomic mass is 9.96. The lowest BCUT2D eigenvalue weighted by Crippen LogP contribution is -2.40. The van der Waals surface area contributed by atoms with Crippen LogP contribution in [-0.2, 0) is 0 Å². The average molecular weight is 309 g/mol. The van der Waals surface area contributed by atoms with Crippen molar-refractivity contribution in [2.24, 2.45) is 5.73 Å². The fourth-order valence-corrected chi connectivity index (χ4v) is 3.40. The molecule has 1 aliphatic carbocycles. The van der Waals surface area contributed by atoms with Gasteiger partial charge in [-0.15, -0.1) is 0 Å². The van der Waals surface area contributed by atoms with Crippen molar-refractivity contribution in [1.82, 2.24) is 4.90 Å². The van der Waals surface area contributed by atoms with Crippen molar-refractivity contribution >= 4 is 15.9 Å². The lowest BCUT2D eigenvalue weighted by Gasteiger charge is -2.34. The van der Waals surface area contributed by atoms with Crippen LogP contribution in [0.15, 0.2) is 28.7 Å². The highest BCUT2D eigenvalue weighted by atomic mass is 79.9. The molecule has 1 saturated carbocycles. The van der Waals surface area contributed by atoms with Crippen LogP contribution in [-0.4, -0.2) is 23.5 Å². The molecule has 0 radical (unpaired) electrons. The largest absolute Gasteiger partial charge is 0.326 e. The Morgan fingerprint density at radius 1 is 1.06 bits per heavy atom. The fourth-order valence-electron chi connectivity index (χ4n) is 3.13. The molecule has 2 unspecified atom stereocenters. The Bertz CT molecular complexity index is 399. The number of halogens is 1. The molecule has 3 rings (SSSR count). The van der Waals surface area contributed by atoms with Gasteiger partial charge < -0.3 is 5.73 Å². The van der Waals surface area contributed by atoms with Crippen molar-refractivity contribution in [1.29, 1.82) is 0 Å². The molecule has 1 heterocycles. The minimum Gasteiger partial charge on any atom is -0.326 e. The Kier molecular flexibility index (Phi) is 3.73. The van der Waals surface area contributed by atoms with E-state index < -0.39 is 0 Å². The second-order valence-corrected chi connectivity index (χ2v) is 6.54. The molecule has 2 fully saturated rings. The molecule has 3 heteroatoms. The Balaban J connectivity index is 1.89. The molecule has 2 N–H and O–H groups in total. The molecule has 1 saturated heterocycles. The van der Waals surface area contributed by atoms with Crippen LogP contribution in [0, 0.1) is 0 Å². The first-order valence-electron chi connectivity index (χ1n) is 7.02. The third-order valence-corrected chi connectivity index (χ3v) is 4.72. The van der Waals surface area contributed by atoms with Crippen LogP contribution >= 0.6 is 15.9 Å². The summed E-state index contributed by atoms with van der Waals surface area (Å²) in [7, 11) is 0. The van der Waals surface area contributed by atoms with Gasteiger partial charge in [0, 0.05) is 16.6 Å². The predicted molar refractivity (Wildman–Crippen MR) is 78.4 cm³/mol. The van der Waals surface area contributed by atoms with Crippen molar-refractivity contribution in [3.8, 4) is 0 Å². The molecule has 18 heavy (non-hydrogen) atoms. The van der Waals surface area contributed by atoms with Crippen molar-refractivity contribution in [2.75, 3.05) is 6.54 Å². The van der Waals surface area contributed by atoms with Gasteiger partial charge in [0.1, 0.15) is 0 Å².